The van der Waals surface area contributed by atoms with Crippen molar-refractivity contribution in [2.45, 2.75) is 19.4 Å². The van der Waals surface area contributed by atoms with Gasteiger partial charge in [-0.3, -0.25) is 4.79 Å². The second kappa shape index (κ2) is 6.20. The number of aliphatic hydroxyl groups is 1. The molecular formula is C21H19N3O4S. The number of benzene rings is 2. The van der Waals surface area contributed by atoms with E-state index in [4.69, 9.17) is 15.2 Å². The molecule has 0 saturated heterocycles. The fraction of sp³-hybridized carbons (Fsp3) is 0.238. The van der Waals surface area contributed by atoms with E-state index >= 15 is 0 Å². The minimum atomic E-state index is -1.87. The number of nitrogens with two attached hydrogens (primary N) is 1. The van der Waals surface area contributed by atoms with Crippen molar-refractivity contribution in [3.8, 4) is 22.8 Å². The van der Waals surface area contributed by atoms with Crippen LogP contribution in [0.15, 0.2) is 30.3 Å². The maximum atomic E-state index is 13.0. The van der Waals surface area contributed by atoms with Gasteiger partial charge in [0.2, 0.25) is 5.60 Å². The third-order valence-electron chi connectivity index (χ3n) is 5.48. The number of aromatic nitrogens is 1. The van der Waals surface area contributed by atoms with Crippen LogP contribution >= 0.6 is 11.3 Å². The quantitative estimate of drug-likeness (QED) is 0.601. The SMILES string of the molecule is Cc1ccc2c(c1C)NC(=O)C2(O)c1sc(N)nc1-c1ccc2c(c1)OCCO2. The zero-order valence-corrected chi connectivity index (χ0v) is 16.7. The van der Waals surface area contributed by atoms with Gasteiger partial charge in [0.15, 0.2) is 16.6 Å². The number of nitrogens with one attached hydrogen (secondary N) is 1. The van der Waals surface area contributed by atoms with Crippen molar-refractivity contribution in [2.75, 3.05) is 24.3 Å². The van der Waals surface area contributed by atoms with Crippen molar-refractivity contribution in [3.05, 3.63) is 51.9 Å². The van der Waals surface area contributed by atoms with Crippen LogP contribution in [-0.2, 0) is 10.4 Å². The first-order valence-corrected chi connectivity index (χ1v) is 10.0. The molecule has 0 spiro atoms. The molecule has 29 heavy (non-hydrogen) atoms. The Bertz CT molecular complexity index is 1170. The molecule has 1 atom stereocenters. The summed E-state index contributed by atoms with van der Waals surface area (Å²) in [5, 5.41) is 14.7. The molecule has 1 amide bonds. The van der Waals surface area contributed by atoms with E-state index in [0.717, 1.165) is 22.5 Å². The maximum Gasteiger partial charge on any atom is 0.266 e. The molecule has 1 aromatic heterocycles. The Labute approximate surface area is 171 Å². The number of thiazole rings is 1. The van der Waals surface area contributed by atoms with Crippen molar-refractivity contribution < 1.29 is 19.4 Å². The van der Waals surface area contributed by atoms with Gasteiger partial charge < -0.3 is 25.6 Å². The van der Waals surface area contributed by atoms with Crippen LogP contribution in [0.1, 0.15) is 21.6 Å². The summed E-state index contributed by atoms with van der Waals surface area (Å²) in [6, 6.07) is 9.09. The molecule has 0 bridgehead atoms. The molecule has 0 radical (unpaired) electrons. The Morgan fingerprint density at radius 1 is 1.17 bits per heavy atom. The van der Waals surface area contributed by atoms with E-state index in [2.05, 4.69) is 10.3 Å². The van der Waals surface area contributed by atoms with E-state index < -0.39 is 11.5 Å². The third-order valence-corrected chi connectivity index (χ3v) is 6.47. The van der Waals surface area contributed by atoms with E-state index in [1.807, 2.05) is 26.0 Å². The molecular weight excluding hydrogens is 390 g/mol. The lowest BCUT2D eigenvalue weighted by atomic mass is 9.89. The highest BCUT2D eigenvalue weighted by molar-refractivity contribution is 7.16. The Morgan fingerprint density at radius 2 is 1.93 bits per heavy atom. The Morgan fingerprint density at radius 3 is 2.72 bits per heavy atom. The lowest BCUT2D eigenvalue weighted by Crippen LogP contribution is -2.35. The van der Waals surface area contributed by atoms with Crippen LogP contribution in [0.4, 0.5) is 10.8 Å². The second-order valence-electron chi connectivity index (χ2n) is 7.18. The number of carbonyl (C=O) groups is 1. The summed E-state index contributed by atoms with van der Waals surface area (Å²) in [5.74, 6) is 0.739. The Balaban J connectivity index is 1.70. The Kier molecular flexibility index (Phi) is 3.84. The molecule has 148 valence electrons. The fourth-order valence-electron chi connectivity index (χ4n) is 3.80. The first-order valence-electron chi connectivity index (χ1n) is 9.21. The monoisotopic (exact) mass is 409 g/mol. The van der Waals surface area contributed by atoms with Crippen LogP contribution in [-0.4, -0.2) is 29.2 Å². The van der Waals surface area contributed by atoms with E-state index in [-0.39, 0.29) is 5.13 Å². The number of carbonyl (C=O) groups excluding carboxylic acids is 1. The zero-order chi connectivity index (χ0) is 20.3. The van der Waals surface area contributed by atoms with E-state index in [1.54, 1.807) is 18.2 Å². The fourth-order valence-corrected chi connectivity index (χ4v) is 4.75. The molecule has 7 nitrogen and oxygen atoms in total. The minimum absolute atomic E-state index is 0.267. The van der Waals surface area contributed by atoms with Gasteiger partial charge in [0.25, 0.3) is 5.91 Å². The number of rotatable bonds is 2. The number of hydrogen-bond donors (Lipinski definition) is 3. The first-order chi connectivity index (χ1) is 13.9. The smallest absolute Gasteiger partial charge is 0.266 e. The normalized spacial score (nSPS) is 19.8. The molecule has 2 aliphatic rings. The summed E-state index contributed by atoms with van der Waals surface area (Å²) in [6.45, 7) is 4.84. The lowest BCUT2D eigenvalue weighted by Gasteiger charge is -2.22. The van der Waals surface area contributed by atoms with E-state index in [9.17, 15) is 9.90 Å². The van der Waals surface area contributed by atoms with Gasteiger partial charge in [-0.05, 0) is 43.2 Å². The van der Waals surface area contributed by atoms with Gasteiger partial charge in [-0.15, -0.1) is 0 Å². The number of fused-ring (bicyclic) bond motifs is 2. The maximum absolute atomic E-state index is 13.0. The summed E-state index contributed by atoms with van der Waals surface area (Å²) >= 11 is 1.10. The molecule has 2 aromatic carbocycles. The van der Waals surface area contributed by atoms with Crippen LogP contribution in [0.2, 0.25) is 0 Å². The summed E-state index contributed by atoms with van der Waals surface area (Å²) in [6.07, 6.45) is 0. The van der Waals surface area contributed by atoms with Crippen molar-refractivity contribution >= 4 is 28.1 Å². The van der Waals surface area contributed by atoms with Crippen molar-refractivity contribution in [1.82, 2.24) is 4.98 Å². The number of anilines is 2. The number of hydrogen-bond acceptors (Lipinski definition) is 7. The highest BCUT2D eigenvalue weighted by atomic mass is 32.1. The minimum Gasteiger partial charge on any atom is -0.486 e. The lowest BCUT2D eigenvalue weighted by molar-refractivity contribution is -0.129. The molecule has 0 saturated carbocycles. The van der Waals surface area contributed by atoms with Gasteiger partial charge in [0.1, 0.15) is 13.2 Å². The topological polar surface area (TPSA) is 107 Å². The van der Waals surface area contributed by atoms with Crippen molar-refractivity contribution in [3.63, 3.8) is 0 Å². The van der Waals surface area contributed by atoms with Crippen LogP contribution in [0, 0.1) is 13.8 Å². The number of aryl methyl sites for hydroxylation is 1. The average molecular weight is 409 g/mol. The summed E-state index contributed by atoms with van der Waals surface area (Å²) in [5.41, 5.74) is 8.38. The molecule has 5 rings (SSSR count). The molecule has 2 aliphatic heterocycles. The van der Waals surface area contributed by atoms with Crippen molar-refractivity contribution in [2.24, 2.45) is 0 Å². The van der Waals surface area contributed by atoms with Gasteiger partial charge in [-0.25, -0.2) is 4.98 Å². The Hall–Kier alpha value is -3.10. The molecule has 0 aliphatic carbocycles. The van der Waals surface area contributed by atoms with Gasteiger partial charge in [-0.2, -0.15) is 0 Å². The molecule has 3 aromatic rings. The summed E-state index contributed by atoms with van der Waals surface area (Å²) in [4.78, 5) is 17.8. The predicted molar refractivity (Wildman–Crippen MR) is 110 cm³/mol. The molecule has 4 N–H and O–H groups in total. The van der Waals surface area contributed by atoms with Crippen LogP contribution < -0.4 is 20.5 Å². The van der Waals surface area contributed by atoms with Crippen LogP contribution in [0.25, 0.3) is 11.3 Å². The van der Waals surface area contributed by atoms with E-state index in [0.29, 0.717) is 52.1 Å². The summed E-state index contributed by atoms with van der Waals surface area (Å²) in [7, 11) is 0. The second-order valence-corrected chi connectivity index (χ2v) is 8.21. The first kappa shape index (κ1) is 18.0. The largest absolute Gasteiger partial charge is 0.486 e. The number of amides is 1. The average Bonchev–Trinajstić information content (AvgIpc) is 3.24. The van der Waals surface area contributed by atoms with Gasteiger partial charge in [-0.1, -0.05) is 23.5 Å². The highest BCUT2D eigenvalue weighted by Gasteiger charge is 2.50. The number of nitrogens with zero attached hydrogens (tertiary/aromatic N) is 1. The van der Waals surface area contributed by atoms with Crippen LogP contribution in [0.5, 0.6) is 11.5 Å². The van der Waals surface area contributed by atoms with Crippen LogP contribution in [0.3, 0.4) is 0 Å². The molecule has 8 heteroatoms. The van der Waals surface area contributed by atoms with Gasteiger partial charge in [0, 0.05) is 11.1 Å². The third kappa shape index (κ3) is 2.53. The zero-order valence-electron chi connectivity index (χ0n) is 15.9. The summed E-state index contributed by atoms with van der Waals surface area (Å²) < 4.78 is 11.2. The standard InChI is InChI=1S/C21H19N3O4S/c1-10-3-5-13-16(11(10)2)23-19(25)21(13,26)18-17(24-20(22)29-18)12-4-6-14-15(9-12)28-8-7-27-14/h3-6,9,26H,7-8H2,1-2H3,(H2,22,24)(H,23,25). The van der Waals surface area contributed by atoms with Gasteiger partial charge in [0.05, 0.1) is 16.3 Å². The molecule has 1 unspecified atom stereocenters. The van der Waals surface area contributed by atoms with E-state index in [1.165, 1.54) is 0 Å². The molecule has 0 fully saturated rings. The van der Waals surface area contributed by atoms with Gasteiger partial charge >= 0.3 is 0 Å². The number of nitrogen functional groups attached to an aromatic ring is 1. The van der Waals surface area contributed by atoms with Crippen molar-refractivity contribution in [1.29, 1.82) is 0 Å². The highest BCUT2D eigenvalue weighted by Crippen LogP contribution is 2.49. The predicted octanol–water partition coefficient (Wildman–Crippen LogP) is 2.97. The number of ether oxygens (including phenoxy) is 2. The molecule has 3 heterocycles.